The number of hydrogen-bond donors (Lipinski definition) is 4. The van der Waals surface area contributed by atoms with Gasteiger partial charge in [0.15, 0.2) is 0 Å². The Morgan fingerprint density at radius 2 is 2.00 bits per heavy atom. The van der Waals surface area contributed by atoms with Crippen LogP contribution in [0.2, 0.25) is 0 Å². The second-order valence-corrected chi connectivity index (χ2v) is 6.29. The molecule has 1 rings (SSSR count). The van der Waals surface area contributed by atoms with Gasteiger partial charge in [0.2, 0.25) is 0 Å². The summed E-state index contributed by atoms with van der Waals surface area (Å²) in [7, 11) is 0. The molecule has 15 heavy (non-hydrogen) atoms. The van der Waals surface area contributed by atoms with E-state index in [1.54, 1.807) is 0 Å². The molecule has 1 amide bonds. The van der Waals surface area contributed by atoms with E-state index in [2.05, 4.69) is 5.32 Å². The zero-order valence-corrected chi connectivity index (χ0v) is 9.71. The first-order valence-corrected chi connectivity index (χ1v) is 7.35. The van der Waals surface area contributed by atoms with Crippen LogP contribution in [0.15, 0.2) is 18.2 Å². The molecule has 82 valence electrons. The van der Waals surface area contributed by atoms with Crippen LogP contribution in [0.25, 0.3) is 0 Å². The Morgan fingerprint density at radius 3 is 2.40 bits per heavy atom. The number of aromatic hydroxyl groups is 1. The molecular formula is C8H10AsNO5. The molecule has 0 aliphatic rings. The number of carbonyl (C=O) groups excluding carboxylic acids is 1. The first kappa shape index (κ1) is 11.8. The minimum atomic E-state index is -4.98. The second kappa shape index (κ2) is 4.10. The van der Waals surface area contributed by atoms with Crippen molar-refractivity contribution >= 4 is 30.1 Å². The normalized spacial score (nSPS) is 11.1. The molecule has 0 aliphatic carbocycles. The summed E-state index contributed by atoms with van der Waals surface area (Å²) < 4.78 is 28.4. The Morgan fingerprint density at radius 1 is 1.40 bits per heavy atom. The van der Waals surface area contributed by atoms with Crippen LogP contribution >= 0.6 is 0 Å². The molecule has 6 nitrogen and oxygen atoms in total. The van der Waals surface area contributed by atoms with Gasteiger partial charge in [0.25, 0.3) is 0 Å². The number of carbonyl (C=O) groups is 1. The molecule has 0 aliphatic heterocycles. The van der Waals surface area contributed by atoms with Crippen LogP contribution in [0.3, 0.4) is 0 Å². The van der Waals surface area contributed by atoms with Crippen molar-refractivity contribution in [3.63, 3.8) is 0 Å². The Balaban J connectivity index is 3.09. The van der Waals surface area contributed by atoms with Gasteiger partial charge in [0.1, 0.15) is 0 Å². The van der Waals surface area contributed by atoms with Gasteiger partial charge in [-0.25, -0.2) is 0 Å². The number of benzene rings is 1. The van der Waals surface area contributed by atoms with Gasteiger partial charge in [-0.15, -0.1) is 0 Å². The topological polar surface area (TPSA) is 107 Å². The molecule has 7 heteroatoms. The Hall–Kier alpha value is -1.23. The Kier molecular flexibility index (Phi) is 3.24. The minimum absolute atomic E-state index is 0.121. The number of phenolic OH excluding ortho intramolecular Hbond substituents is 1. The van der Waals surface area contributed by atoms with Crippen LogP contribution in [0.4, 0.5) is 5.69 Å². The quantitative estimate of drug-likeness (QED) is 0.405. The fourth-order valence-corrected chi connectivity index (χ4v) is 2.17. The van der Waals surface area contributed by atoms with Crippen molar-refractivity contribution in [1.82, 2.24) is 0 Å². The number of anilines is 1. The molecule has 0 spiro atoms. The monoisotopic (exact) mass is 275 g/mol. The van der Waals surface area contributed by atoms with Crippen molar-refractivity contribution in [3.8, 4) is 5.75 Å². The first-order valence-electron chi connectivity index (χ1n) is 3.97. The molecule has 0 unspecified atom stereocenters. The van der Waals surface area contributed by atoms with Gasteiger partial charge in [-0.05, 0) is 0 Å². The van der Waals surface area contributed by atoms with Crippen molar-refractivity contribution in [3.05, 3.63) is 18.2 Å². The van der Waals surface area contributed by atoms with Crippen LogP contribution in [-0.4, -0.2) is 33.4 Å². The van der Waals surface area contributed by atoms with E-state index in [1.165, 1.54) is 19.1 Å². The van der Waals surface area contributed by atoms with E-state index in [0.717, 1.165) is 6.07 Å². The summed E-state index contributed by atoms with van der Waals surface area (Å²) in [6.45, 7) is 1.26. The number of nitrogens with one attached hydrogen (secondary N) is 1. The molecule has 0 atom stereocenters. The predicted octanol–water partition coefficient (Wildman–Crippen LogP) is -1.09. The summed E-state index contributed by atoms with van der Waals surface area (Å²) in [4.78, 5) is 10.7. The molecule has 1 aromatic carbocycles. The molecule has 1 aromatic rings. The average Bonchev–Trinajstić information content (AvgIpc) is 2.05. The van der Waals surface area contributed by atoms with Crippen LogP contribution in [0, 0.1) is 0 Å². The Labute approximate surface area is 88.6 Å². The van der Waals surface area contributed by atoms with Gasteiger partial charge in [-0.1, -0.05) is 0 Å². The molecule has 0 heterocycles. The fraction of sp³-hybridized carbons (Fsp3) is 0.125. The molecule has 0 radical (unpaired) electrons. The van der Waals surface area contributed by atoms with Crippen molar-refractivity contribution in [2.45, 2.75) is 6.92 Å². The molecular weight excluding hydrogens is 265 g/mol. The summed E-state index contributed by atoms with van der Waals surface area (Å²) >= 11 is -4.98. The second-order valence-electron chi connectivity index (χ2n) is 2.93. The van der Waals surface area contributed by atoms with Crippen LogP contribution < -0.4 is 9.67 Å². The summed E-state index contributed by atoms with van der Waals surface area (Å²) in [6.07, 6.45) is 0. The SMILES string of the molecule is CC(=O)Nc1ccc([As](=O)(O)O)cc1O. The van der Waals surface area contributed by atoms with Gasteiger partial charge in [0, 0.05) is 0 Å². The molecule has 0 fully saturated rings. The summed E-state index contributed by atoms with van der Waals surface area (Å²) in [6, 6.07) is 3.36. The number of phenols is 1. The van der Waals surface area contributed by atoms with Gasteiger partial charge in [-0.2, -0.15) is 0 Å². The van der Waals surface area contributed by atoms with Crippen molar-refractivity contribution in [1.29, 1.82) is 0 Å². The van der Waals surface area contributed by atoms with Gasteiger partial charge in [0.05, 0.1) is 0 Å². The third-order valence-corrected chi connectivity index (χ3v) is 3.62. The third kappa shape index (κ3) is 3.12. The zero-order valence-electron chi connectivity index (χ0n) is 7.84. The van der Waals surface area contributed by atoms with Crippen LogP contribution in [-0.2, 0) is 8.53 Å². The van der Waals surface area contributed by atoms with E-state index in [4.69, 9.17) is 8.19 Å². The van der Waals surface area contributed by atoms with E-state index >= 15 is 0 Å². The molecule has 0 saturated heterocycles. The molecule has 0 bridgehead atoms. The number of rotatable bonds is 2. The van der Waals surface area contributed by atoms with Gasteiger partial charge < -0.3 is 0 Å². The standard InChI is InChI=1S/C8H10AsNO5/c1-5(11)10-7-3-2-6(4-8(7)12)9(13,14)15/h2-4,12H,1H3,(H,10,11)(H2,13,14,15). The van der Waals surface area contributed by atoms with Gasteiger partial charge in [-0.3, -0.25) is 0 Å². The number of amides is 1. The molecule has 0 saturated carbocycles. The molecule has 0 aromatic heterocycles. The summed E-state index contributed by atoms with van der Waals surface area (Å²) in [5, 5.41) is 11.7. The van der Waals surface area contributed by atoms with E-state index < -0.39 is 14.2 Å². The molecule has 4 N–H and O–H groups in total. The van der Waals surface area contributed by atoms with Crippen LogP contribution in [0.1, 0.15) is 6.92 Å². The Bertz CT molecular complexity index is 439. The van der Waals surface area contributed by atoms with Gasteiger partial charge >= 0.3 is 88.1 Å². The predicted molar refractivity (Wildman–Crippen MR) is 52.9 cm³/mol. The van der Waals surface area contributed by atoms with Crippen LogP contribution in [0.5, 0.6) is 5.75 Å². The van der Waals surface area contributed by atoms with E-state index in [0.29, 0.717) is 0 Å². The average molecular weight is 275 g/mol. The van der Waals surface area contributed by atoms with E-state index in [9.17, 15) is 13.6 Å². The van der Waals surface area contributed by atoms with Crippen molar-refractivity contribution in [2.75, 3.05) is 5.32 Å². The van der Waals surface area contributed by atoms with E-state index in [1.807, 2.05) is 0 Å². The maximum absolute atomic E-state index is 10.9. The van der Waals surface area contributed by atoms with E-state index in [-0.39, 0.29) is 21.7 Å². The number of hydrogen-bond acceptors (Lipinski definition) is 3. The third-order valence-electron chi connectivity index (χ3n) is 1.63. The zero-order chi connectivity index (χ0) is 11.6. The summed E-state index contributed by atoms with van der Waals surface area (Å²) in [5.41, 5.74) is 0.121. The van der Waals surface area contributed by atoms with Crippen molar-refractivity contribution < 1.29 is 21.8 Å². The first-order chi connectivity index (χ1) is 6.80. The maximum atomic E-state index is 10.9. The van der Waals surface area contributed by atoms with Crippen molar-refractivity contribution in [2.24, 2.45) is 0 Å². The summed E-state index contributed by atoms with van der Waals surface area (Å²) in [5.74, 6) is -0.744. The fourth-order valence-electron chi connectivity index (χ4n) is 0.997.